The van der Waals surface area contributed by atoms with Gasteiger partial charge < -0.3 is 9.47 Å². The first-order valence-corrected chi connectivity index (χ1v) is 11.4. The van der Waals surface area contributed by atoms with Crippen LogP contribution in [0.2, 0.25) is 0 Å². The third kappa shape index (κ3) is 4.15. The zero-order valence-electron chi connectivity index (χ0n) is 19.4. The quantitative estimate of drug-likeness (QED) is 0.474. The molecule has 2 amide bonds. The minimum Gasteiger partial charge on any atom is -0.490 e. The first-order valence-electron chi connectivity index (χ1n) is 11.4. The Hall–Kier alpha value is -3.75. The molecule has 0 unspecified atom stereocenters. The normalized spacial score (nSPS) is 21.9. The molecule has 0 aromatic heterocycles. The van der Waals surface area contributed by atoms with Crippen molar-refractivity contribution in [2.24, 2.45) is 5.92 Å². The molecule has 5 rings (SSSR count). The number of rotatable bonds is 7. The molecule has 2 saturated heterocycles. The summed E-state index contributed by atoms with van der Waals surface area (Å²) in [6.07, 6.45) is -1.03. The minimum atomic E-state index is -1.03. The average molecular weight is 477 g/mol. The molecule has 0 bridgehead atoms. The van der Waals surface area contributed by atoms with Gasteiger partial charge in [0.25, 0.3) is 5.91 Å². The largest absolute Gasteiger partial charge is 0.490 e. The number of carbonyl (C=O) groups excluding carboxylic acids is 2. The molecule has 7 nitrogen and oxygen atoms in total. The van der Waals surface area contributed by atoms with Gasteiger partial charge in [-0.3, -0.25) is 14.4 Å². The van der Waals surface area contributed by atoms with E-state index >= 15 is 0 Å². The number of hydroxylamine groups is 2. The first-order chi connectivity index (χ1) is 17.0. The molecule has 3 aromatic rings. The summed E-state index contributed by atoms with van der Waals surface area (Å²) in [5, 5.41) is 1.51. The second-order valence-corrected chi connectivity index (χ2v) is 8.42. The van der Waals surface area contributed by atoms with Gasteiger partial charge >= 0.3 is 0 Å². The molecule has 35 heavy (non-hydrogen) atoms. The Kier molecular flexibility index (Phi) is 6.23. The van der Waals surface area contributed by atoms with E-state index in [9.17, 15) is 14.0 Å². The molecule has 0 saturated carbocycles. The van der Waals surface area contributed by atoms with Gasteiger partial charge in [0, 0.05) is 7.05 Å². The van der Waals surface area contributed by atoms with Crippen molar-refractivity contribution in [2.45, 2.75) is 25.7 Å². The van der Waals surface area contributed by atoms with Crippen LogP contribution in [0.4, 0.5) is 10.1 Å². The summed E-state index contributed by atoms with van der Waals surface area (Å²) in [4.78, 5) is 33.1. The highest BCUT2D eigenvalue weighted by Gasteiger charge is 2.59. The van der Waals surface area contributed by atoms with Gasteiger partial charge in [-0.05, 0) is 42.3 Å². The van der Waals surface area contributed by atoms with Crippen molar-refractivity contribution in [1.82, 2.24) is 5.06 Å². The molecule has 2 aliphatic heterocycles. The number of hydrogen-bond acceptors (Lipinski definition) is 6. The van der Waals surface area contributed by atoms with Crippen LogP contribution in [-0.4, -0.2) is 36.6 Å². The molecule has 8 heteroatoms. The fourth-order valence-electron chi connectivity index (χ4n) is 4.67. The Morgan fingerprint density at radius 1 is 0.914 bits per heavy atom. The Labute approximate surface area is 202 Å². The number of fused-ring (bicyclic) bond motifs is 1. The Balaban J connectivity index is 1.44. The van der Waals surface area contributed by atoms with Crippen molar-refractivity contribution in [3.63, 3.8) is 0 Å². The van der Waals surface area contributed by atoms with Crippen LogP contribution in [0.5, 0.6) is 11.5 Å². The number of nitrogens with zero attached hydrogens (tertiary/aromatic N) is 2. The predicted octanol–water partition coefficient (Wildman–Crippen LogP) is 4.28. The first kappa shape index (κ1) is 23.0. The molecule has 180 valence electrons. The molecule has 2 aliphatic rings. The van der Waals surface area contributed by atoms with E-state index in [1.54, 1.807) is 25.2 Å². The van der Waals surface area contributed by atoms with Crippen LogP contribution in [0.25, 0.3) is 0 Å². The summed E-state index contributed by atoms with van der Waals surface area (Å²) >= 11 is 0. The molecular weight excluding hydrogens is 451 g/mol. The van der Waals surface area contributed by atoms with Crippen molar-refractivity contribution in [2.75, 3.05) is 18.6 Å². The Bertz CT molecular complexity index is 1250. The topological polar surface area (TPSA) is 68.3 Å². The number of halogens is 1. The molecule has 3 atom stereocenters. The summed E-state index contributed by atoms with van der Waals surface area (Å²) in [7, 11) is 1.68. The number of amides is 2. The smallest absolute Gasteiger partial charge is 0.266 e. The SMILES string of the molecule is CCOc1cc([C@H]2[C@@H]3C(=O)N(c4ccccc4F)C(=O)[C@H]3ON2C)ccc1OCc1ccccc1. The van der Waals surface area contributed by atoms with Gasteiger partial charge in [-0.15, -0.1) is 0 Å². The molecule has 0 radical (unpaired) electrons. The molecule has 0 aliphatic carbocycles. The van der Waals surface area contributed by atoms with Crippen LogP contribution in [-0.2, 0) is 21.0 Å². The van der Waals surface area contributed by atoms with E-state index in [1.807, 2.05) is 43.3 Å². The number of imide groups is 1. The number of anilines is 1. The zero-order chi connectivity index (χ0) is 24.5. The second kappa shape index (κ2) is 9.48. The third-order valence-electron chi connectivity index (χ3n) is 6.25. The van der Waals surface area contributed by atoms with Crippen molar-refractivity contribution in [1.29, 1.82) is 0 Å². The van der Waals surface area contributed by atoms with Crippen LogP contribution in [0.1, 0.15) is 24.1 Å². The van der Waals surface area contributed by atoms with E-state index in [1.165, 1.54) is 23.3 Å². The fourth-order valence-corrected chi connectivity index (χ4v) is 4.67. The van der Waals surface area contributed by atoms with Gasteiger partial charge in [-0.2, -0.15) is 5.06 Å². The lowest BCUT2D eigenvalue weighted by molar-refractivity contribution is -0.160. The number of benzene rings is 3. The maximum Gasteiger partial charge on any atom is 0.266 e. The zero-order valence-corrected chi connectivity index (χ0v) is 19.4. The number of ether oxygens (including phenoxy) is 2. The number of para-hydroxylation sites is 1. The van der Waals surface area contributed by atoms with Crippen molar-refractivity contribution >= 4 is 17.5 Å². The van der Waals surface area contributed by atoms with Crippen LogP contribution >= 0.6 is 0 Å². The van der Waals surface area contributed by atoms with Crippen LogP contribution in [0.3, 0.4) is 0 Å². The molecule has 0 spiro atoms. The van der Waals surface area contributed by atoms with Crippen molar-refractivity contribution in [3.8, 4) is 11.5 Å². The van der Waals surface area contributed by atoms with Crippen LogP contribution < -0.4 is 14.4 Å². The molecular formula is C27H25FN2O5. The predicted molar refractivity (Wildman–Crippen MR) is 126 cm³/mol. The monoisotopic (exact) mass is 476 g/mol. The van der Waals surface area contributed by atoms with Crippen LogP contribution in [0, 0.1) is 11.7 Å². The maximum absolute atomic E-state index is 14.4. The van der Waals surface area contributed by atoms with Gasteiger partial charge in [0.2, 0.25) is 5.91 Å². The van der Waals surface area contributed by atoms with E-state index in [4.69, 9.17) is 14.3 Å². The second-order valence-electron chi connectivity index (χ2n) is 8.42. The fraction of sp³-hybridized carbons (Fsp3) is 0.259. The van der Waals surface area contributed by atoms with E-state index < -0.39 is 35.7 Å². The van der Waals surface area contributed by atoms with Gasteiger partial charge in [0.05, 0.1) is 24.3 Å². The summed E-state index contributed by atoms with van der Waals surface area (Å²) in [5.74, 6) is -1.44. The van der Waals surface area contributed by atoms with Crippen LogP contribution in [0.15, 0.2) is 72.8 Å². The van der Waals surface area contributed by atoms with Crippen molar-refractivity contribution < 1.29 is 28.3 Å². The third-order valence-corrected chi connectivity index (χ3v) is 6.25. The highest BCUT2D eigenvalue weighted by molar-refractivity contribution is 6.23. The molecule has 3 aromatic carbocycles. The van der Waals surface area contributed by atoms with Gasteiger partial charge in [-0.1, -0.05) is 48.5 Å². The van der Waals surface area contributed by atoms with E-state index in [2.05, 4.69) is 0 Å². The standard InChI is InChI=1S/C27H25FN2O5/c1-3-33-22-15-18(13-14-21(22)34-16-17-9-5-4-6-10-17)24-23-25(35-29(24)2)27(32)30(26(23)31)20-12-8-7-11-19(20)28/h4-15,23-25H,3,16H2,1-2H3/t23-,24-,25-/m0/s1. The highest BCUT2D eigenvalue weighted by Crippen LogP contribution is 2.46. The van der Waals surface area contributed by atoms with Gasteiger partial charge in [0.15, 0.2) is 17.6 Å². The van der Waals surface area contributed by atoms with E-state index in [-0.39, 0.29) is 5.69 Å². The molecule has 2 heterocycles. The lowest BCUT2D eigenvalue weighted by atomic mass is 9.91. The summed E-state index contributed by atoms with van der Waals surface area (Å²) in [6.45, 7) is 2.68. The van der Waals surface area contributed by atoms with Gasteiger partial charge in [0.1, 0.15) is 12.4 Å². The Morgan fingerprint density at radius 2 is 1.66 bits per heavy atom. The summed E-state index contributed by atoms with van der Waals surface area (Å²) < 4.78 is 26.2. The number of carbonyl (C=O) groups is 2. The van der Waals surface area contributed by atoms with Crippen molar-refractivity contribution in [3.05, 3.63) is 89.7 Å². The van der Waals surface area contributed by atoms with E-state index in [0.717, 1.165) is 16.0 Å². The minimum absolute atomic E-state index is 0.0680. The Morgan fingerprint density at radius 3 is 2.40 bits per heavy atom. The maximum atomic E-state index is 14.4. The van der Waals surface area contributed by atoms with Gasteiger partial charge in [-0.25, -0.2) is 9.29 Å². The molecule has 2 fully saturated rings. The lowest BCUT2D eigenvalue weighted by Crippen LogP contribution is -2.36. The molecule has 0 N–H and O–H groups in total. The van der Waals surface area contributed by atoms with E-state index in [0.29, 0.717) is 24.7 Å². The number of hydrogen-bond donors (Lipinski definition) is 0. The average Bonchev–Trinajstić information content (AvgIpc) is 3.32. The lowest BCUT2D eigenvalue weighted by Gasteiger charge is -2.25. The highest BCUT2D eigenvalue weighted by atomic mass is 19.1. The summed E-state index contributed by atoms with van der Waals surface area (Å²) in [5.41, 5.74) is 1.68. The summed E-state index contributed by atoms with van der Waals surface area (Å²) in [6, 6.07) is 20.4.